The van der Waals surface area contributed by atoms with Crippen molar-refractivity contribution in [3.8, 4) is 12.3 Å². The van der Waals surface area contributed by atoms with E-state index in [-0.39, 0.29) is 12.3 Å². The molecule has 0 radical (unpaired) electrons. The molecule has 1 amide bonds. The van der Waals surface area contributed by atoms with Crippen LogP contribution in [0.4, 0.5) is 5.69 Å². The summed E-state index contributed by atoms with van der Waals surface area (Å²) in [5.41, 5.74) is 6.79. The van der Waals surface area contributed by atoms with Gasteiger partial charge in [-0.05, 0) is 13.0 Å². The van der Waals surface area contributed by atoms with Gasteiger partial charge < -0.3 is 16.2 Å². The van der Waals surface area contributed by atoms with Gasteiger partial charge in [0.2, 0.25) is 5.91 Å². The lowest BCUT2D eigenvalue weighted by molar-refractivity contribution is -0.117. The van der Waals surface area contributed by atoms with E-state index in [2.05, 4.69) is 11.2 Å². The van der Waals surface area contributed by atoms with Crippen LogP contribution in [-0.4, -0.2) is 17.1 Å². The molecule has 1 aromatic carbocycles. The van der Waals surface area contributed by atoms with Crippen LogP contribution in [0, 0.1) is 12.3 Å². The van der Waals surface area contributed by atoms with Crippen molar-refractivity contribution in [3.05, 3.63) is 29.8 Å². The quantitative estimate of drug-likeness (QED) is 0.679. The minimum Gasteiger partial charge on any atom is -0.389 e. The first-order chi connectivity index (χ1) is 8.06. The van der Waals surface area contributed by atoms with E-state index >= 15 is 0 Å². The van der Waals surface area contributed by atoms with Crippen LogP contribution in [0.25, 0.3) is 0 Å². The number of amides is 1. The van der Waals surface area contributed by atoms with Crippen molar-refractivity contribution in [2.75, 3.05) is 5.32 Å². The smallest absolute Gasteiger partial charge is 0.242 e. The van der Waals surface area contributed by atoms with Crippen LogP contribution in [0.1, 0.15) is 25.0 Å². The monoisotopic (exact) mass is 232 g/mol. The Morgan fingerprint density at radius 2 is 2.24 bits per heavy atom. The molecule has 0 saturated heterocycles. The van der Waals surface area contributed by atoms with Gasteiger partial charge in [0, 0.05) is 17.7 Å². The zero-order valence-corrected chi connectivity index (χ0v) is 9.68. The molecule has 0 bridgehead atoms. The normalized spacial score (nSPS) is 13.5. The van der Waals surface area contributed by atoms with Gasteiger partial charge in [0.05, 0.1) is 12.1 Å². The number of terminal acetylenes is 1. The number of rotatable bonds is 4. The highest BCUT2D eigenvalue weighted by molar-refractivity contribution is 5.95. The average Bonchev–Trinajstić information content (AvgIpc) is 2.29. The summed E-state index contributed by atoms with van der Waals surface area (Å²) in [5, 5.41) is 12.2. The fourth-order valence-corrected chi connectivity index (χ4v) is 1.42. The molecule has 17 heavy (non-hydrogen) atoms. The summed E-state index contributed by atoms with van der Waals surface area (Å²) < 4.78 is 0. The molecule has 0 aliphatic carbocycles. The van der Waals surface area contributed by atoms with E-state index in [1.54, 1.807) is 31.2 Å². The molecule has 0 aliphatic rings. The van der Waals surface area contributed by atoms with Crippen LogP contribution in [-0.2, 0) is 4.79 Å². The summed E-state index contributed by atoms with van der Waals surface area (Å²) in [6.45, 7) is 1.63. The predicted molar refractivity (Wildman–Crippen MR) is 67.1 cm³/mol. The Bertz CT molecular complexity index is 435. The second-order valence-electron chi connectivity index (χ2n) is 3.77. The standard InChI is InChI=1S/C13H16N2O2/c1-3-6-11(14)13(17)15-12-8-5-4-7-10(12)9(2)16/h1,4-5,7-9,11,16H,6,14H2,2H3,(H,15,17). The summed E-state index contributed by atoms with van der Waals surface area (Å²) in [7, 11) is 0. The Balaban J connectivity index is 2.82. The van der Waals surface area contributed by atoms with Gasteiger partial charge in [0.15, 0.2) is 0 Å². The molecule has 0 fully saturated rings. The maximum atomic E-state index is 11.7. The van der Waals surface area contributed by atoms with Gasteiger partial charge in [-0.25, -0.2) is 0 Å². The average molecular weight is 232 g/mol. The minimum atomic E-state index is -0.734. The van der Waals surface area contributed by atoms with E-state index < -0.39 is 12.1 Å². The molecule has 1 rings (SSSR count). The first kappa shape index (κ1) is 13.2. The molecule has 90 valence electrons. The highest BCUT2D eigenvalue weighted by atomic mass is 16.3. The molecule has 4 N–H and O–H groups in total. The number of aliphatic hydroxyl groups is 1. The molecule has 0 spiro atoms. The first-order valence-corrected chi connectivity index (χ1v) is 5.33. The van der Waals surface area contributed by atoms with E-state index in [0.717, 1.165) is 0 Å². The van der Waals surface area contributed by atoms with Gasteiger partial charge in [-0.2, -0.15) is 0 Å². The second kappa shape index (κ2) is 6.04. The highest BCUT2D eigenvalue weighted by Crippen LogP contribution is 2.22. The molecule has 2 atom stereocenters. The third-order valence-electron chi connectivity index (χ3n) is 2.34. The number of benzene rings is 1. The van der Waals surface area contributed by atoms with Crippen LogP contribution in [0.3, 0.4) is 0 Å². The first-order valence-electron chi connectivity index (χ1n) is 5.33. The van der Waals surface area contributed by atoms with Gasteiger partial charge >= 0.3 is 0 Å². The van der Waals surface area contributed by atoms with E-state index in [0.29, 0.717) is 11.3 Å². The number of hydrogen-bond donors (Lipinski definition) is 3. The number of carbonyl (C=O) groups excluding carboxylic acids is 1. The van der Waals surface area contributed by atoms with Crippen molar-refractivity contribution in [2.45, 2.75) is 25.5 Å². The summed E-state index contributed by atoms with van der Waals surface area (Å²) in [6.07, 6.45) is 4.61. The summed E-state index contributed by atoms with van der Waals surface area (Å²) >= 11 is 0. The van der Waals surface area contributed by atoms with Crippen LogP contribution in [0.2, 0.25) is 0 Å². The van der Waals surface area contributed by atoms with Crippen molar-refractivity contribution in [2.24, 2.45) is 5.73 Å². The molecule has 2 unspecified atom stereocenters. The number of carbonyl (C=O) groups is 1. The summed E-state index contributed by atoms with van der Waals surface area (Å²) in [6, 6.07) is 6.28. The molecule has 0 saturated carbocycles. The number of para-hydroxylation sites is 1. The maximum Gasteiger partial charge on any atom is 0.242 e. The molecular weight excluding hydrogens is 216 g/mol. The summed E-state index contributed by atoms with van der Waals surface area (Å²) in [5.74, 6) is 1.99. The third kappa shape index (κ3) is 3.59. The van der Waals surface area contributed by atoms with E-state index in [9.17, 15) is 9.90 Å². The van der Waals surface area contributed by atoms with E-state index in [1.165, 1.54) is 0 Å². The maximum absolute atomic E-state index is 11.7. The number of nitrogens with one attached hydrogen (secondary N) is 1. The molecular formula is C13H16N2O2. The van der Waals surface area contributed by atoms with Gasteiger partial charge in [0.1, 0.15) is 0 Å². The van der Waals surface area contributed by atoms with E-state index in [4.69, 9.17) is 12.2 Å². The Labute approximate surface area is 101 Å². The Morgan fingerprint density at radius 1 is 1.59 bits per heavy atom. The number of nitrogens with two attached hydrogens (primary N) is 1. The molecule has 0 aliphatic heterocycles. The Hall–Kier alpha value is -1.83. The van der Waals surface area contributed by atoms with Gasteiger partial charge in [-0.15, -0.1) is 12.3 Å². The molecule has 4 nitrogen and oxygen atoms in total. The molecule has 0 aromatic heterocycles. The van der Waals surface area contributed by atoms with Crippen LogP contribution in [0.15, 0.2) is 24.3 Å². The molecule has 1 aromatic rings. The van der Waals surface area contributed by atoms with Gasteiger partial charge in [-0.3, -0.25) is 4.79 Å². The molecule has 0 heterocycles. The Morgan fingerprint density at radius 3 is 2.82 bits per heavy atom. The number of anilines is 1. The van der Waals surface area contributed by atoms with Crippen molar-refractivity contribution in [1.29, 1.82) is 0 Å². The summed E-state index contributed by atoms with van der Waals surface area (Å²) in [4.78, 5) is 11.7. The number of aliphatic hydroxyl groups excluding tert-OH is 1. The van der Waals surface area contributed by atoms with Crippen molar-refractivity contribution in [1.82, 2.24) is 0 Å². The van der Waals surface area contributed by atoms with Crippen LogP contribution in [0.5, 0.6) is 0 Å². The topological polar surface area (TPSA) is 75.4 Å². The Kier molecular flexibility index (Phi) is 4.70. The lowest BCUT2D eigenvalue weighted by Crippen LogP contribution is -2.35. The van der Waals surface area contributed by atoms with Gasteiger partial charge in [0.25, 0.3) is 0 Å². The number of hydrogen-bond acceptors (Lipinski definition) is 3. The molecule has 4 heteroatoms. The van der Waals surface area contributed by atoms with Crippen LogP contribution < -0.4 is 11.1 Å². The zero-order valence-electron chi connectivity index (χ0n) is 9.68. The van der Waals surface area contributed by atoms with Crippen LogP contribution >= 0.6 is 0 Å². The fraction of sp³-hybridized carbons (Fsp3) is 0.308. The van der Waals surface area contributed by atoms with Crippen molar-refractivity contribution in [3.63, 3.8) is 0 Å². The van der Waals surface area contributed by atoms with Crippen molar-refractivity contribution < 1.29 is 9.90 Å². The fourth-order valence-electron chi connectivity index (χ4n) is 1.42. The second-order valence-corrected chi connectivity index (χ2v) is 3.77. The lowest BCUT2D eigenvalue weighted by atomic mass is 10.1. The largest absolute Gasteiger partial charge is 0.389 e. The SMILES string of the molecule is C#CCC(N)C(=O)Nc1ccccc1C(C)O. The zero-order chi connectivity index (χ0) is 12.8. The minimum absolute atomic E-state index is 0.183. The third-order valence-corrected chi connectivity index (χ3v) is 2.34. The highest BCUT2D eigenvalue weighted by Gasteiger charge is 2.15. The van der Waals surface area contributed by atoms with Gasteiger partial charge in [-0.1, -0.05) is 18.2 Å². The van der Waals surface area contributed by atoms with Crippen molar-refractivity contribution >= 4 is 11.6 Å². The lowest BCUT2D eigenvalue weighted by Gasteiger charge is -2.14. The van der Waals surface area contributed by atoms with E-state index in [1.807, 2.05) is 0 Å². The predicted octanol–water partition coefficient (Wildman–Crippen LogP) is 1.03.